The van der Waals surface area contributed by atoms with Gasteiger partial charge in [0.05, 0.1) is 0 Å². The summed E-state index contributed by atoms with van der Waals surface area (Å²) >= 11 is 6.46. The van der Waals surface area contributed by atoms with Crippen molar-refractivity contribution in [3.63, 3.8) is 0 Å². The second-order valence-electron chi connectivity index (χ2n) is 2.95. The van der Waals surface area contributed by atoms with E-state index in [1.165, 1.54) is 11.8 Å². The predicted molar refractivity (Wildman–Crippen MR) is 71.4 cm³/mol. The highest BCUT2D eigenvalue weighted by molar-refractivity contribution is 9.10. The highest BCUT2D eigenvalue weighted by Gasteiger charge is 2.08. The van der Waals surface area contributed by atoms with Gasteiger partial charge in [-0.25, -0.2) is 4.98 Å². The number of nitrogen functional groups attached to an aromatic ring is 1. The van der Waals surface area contributed by atoms with Crippen LogP contribution in [0, 0.1) is 5.41 Å². The van der Waals surface area contributed by atoms with Crippen LogP contribution in [0.2, 0.25) is 0 Å². The van der Waals surface area contributed by atoms with Crippen molar-refractivity contribution in [1.29, 1.82) is 5.41 Å². The quantitative estimate of drug-likeness (QED) is 0.674. The molecule has 2 aromatic rings. The van der Waals surface area contributed by atoms with Crippen molar-refractivity contribution in [1.82, 2.24) is 4.98 Å². The molecule has 0 atom stereocenters. The third-order valence-corrected chi connectivity index (χ3v) is 4.29. The first kappa shape index (κ1) is 11.6. The maximum Gasteiger partial charge on any atom is 0.154 e. The summed E-state index contributed by atoms with van der Waals surface area (Å²) in [5.41, 5.74) is 6.28. The standard InChI is InChI=1S/C10H8BrN3S2/c11-6-1-2-8(7(5-6)9(12)13)16-10-14-3-4-15-10/h1-5H,(H3,12,13). The van der Waals surface area contributed by atoms with Gasteiger partial charge < -0.3 is 5.73 Å². The number of halogens is 1. The fraction of sp³-hybridized carbons (Fsp3) is 0. The lowest BCUT2D eigenvalue weighted by atomic mass is 10.2. The molecule has 0 saturated heterocycles. The fourth-order valence-electron chi connectivity index (χ4n) is 1.16. The van der Waals surface area contributed by atoms with Crippen LogP contribution < -0.4 is 5.73 Å². The summed E-state index contributed by atoms with van der Waals surface area (Å²) in [4.78, 5) is 5.14. The van der Waals surface area contributed by atoms with Crippen molar-refractivity contribution >= 4 is 44.9 Å². The second-order valence-corrected chi connectivity index (χ2v) is 6.05. The number of amidine groups is 1. The van der Waals surface area contributed by atoms with Crippen LogP contribution in [0.5, 0.6) is 0 Å². The Labute approximate surface area is 110 Å². The average molecular weight is 314 g/mol. The lowest BCUT2D eigenvalue weighted by molar-refractivity contribution is 1.24. The zero-order valence-electron chi connectivity index (χ0n) is 8.11. The zero-order valence-corrected chi connectivity index (χ0v) is 11.3. The maximum atomic E-state index is 7.53. The van der Waals surface area contributed by atoms with Crippen molar-refractivity contribution in [2.45, 2.75) is 9.24 Å². The van der Waals surface area contributed by atoms with Gasteiger partial charge in [-0.3, -0.25) is 5.41 Å². The van der Waals surface area contributed by atoms with Gasteiger partial charge in [0, 0.05) is 26.5 Å². The molecule has 1 heterocycles. The molecule has 0 aliphatic rings. The van der Waals surface area contributed by atoms with E-state index in [9.17, 15) is 0 Å². The van der Waals surface area contributed by atoms with Crippen LogP contribution in [-0.2, 0) is 0 Å². The molecule has 0 aliphatic heterocycles. The number of benzene rings is 1. The van der Waals surface area contributed by atoms with Crippen molar-refractivity contribution in [2.24, 2.45) is 5.73 Å². The molecule has 0 fully saturated rings. The van der Waals surface area contributed by atoms with E-state index in [4.69, 9.17) is 11.1 Å². The summed E-state index contributed by atoms with van der Waals surface area (Å²) in [6.45, 7) is 0. The largest absolute Gasteiger partial charge is 0.384 e. The first-order chi connectivity index (χ1) is 7.66. The Morgan fingerprint density at radius 3 is 2.94 bits per heavy atom. The lowest BCUT2D eigenvalue weighted by Crippen LogP contribution is -2.12. The Morgan fingerprint density at radius 2 is 2.31 bits per heavy atom. The predicted octanol–water partition coefficient (Wildman–Crippen LogP) is 3.34. The SMILES string of the molecule is N=C(N)c1cc(Br)ccc1Sc1nccs1. The topological polar surface area (TPSA) is 62.8 Å². The molecule has 82 valence electrons. The minimum Gasteiger partial charge on any atom is -0.384 e. The van der Waals surface area contributed by atoms with Gasteiger partial charge in [-0.15, -0.1) is 11.3 Å². The van der Waals surface area contributed by atoms with Crippen LogP contribution in [0.4, 0.5) is 0 Å². The number of hydrogen-bond donors (Lipinski definition) is 2. The van der Waals surface area contributed by atoms with Crippen LogP contribution in [0.3, 0.4) is 0 Å². The summed E-state index contributed by atoms with van der Waals surface area (Å²) in [6, 6.07) is 5.72. The molecule has 1 aromatic carbocycles. The molecule has 0 bridgehead atoms. The van der Waals surface area contributed by atoms with Gasteiger partial charge in [0.1, 0.15) is 5.84 Å². The zero-order chi connectivity index (χ0) is 11.5. The maximum absolute atomic E-state index is 7.53. The van der Waals surface area contributed by atoms with Crippen molar-refractivity contribution in [2.75, 3.05) is 0 Å². The number of aromatic nitrogens is 1. The van der Waals surface area contributed by atoms with Crippen LogP contribution in [0.15, 0.2) is 43.5 Å². The average Bonchev–Trinajstić information content (AvgIpc) is 2.73. The molecule has 0 saturated carbocycles. The summed E-state index contributed by atoms with van der Waals surface area (Å²) in [6.07, 6.45) is 1.76. The monoisotopic (exact) mass is 313 g/mol. The van der Waals surface area contributed by atoms with Gasteiger partial charge in [-0.1, -0.05) is 27.7 Å². The van der Waals surface area contributed by atoms with Gasteiger partial charge in [-0.05, 0) is 18.2 Å². The van der Waals surface area contributed by atoms with Crippen molar-refractivity contribution < 1.29 is 0 Å². The molecule has 0 amide bonds. The molecule has 0 radical (unpaired) electrons. The van der Waals surface area contributed by atoms with Gasteiger partial charge in [0.2, 0.25) is 0 Å². The van der Waals surface area contributed by atoms with E-state index < -0.39 is 0 Å². The molecule has 0 spiro atoms. The molecule has 2 rings (SSSR count). The fourth-order valence-corrected chi connectivity index (χ4v) is 3.22. The van der Waals surface area contributed by atoms with E-state index in [1.54, 1.807) is 17.5 Å². The highest BCUT2D eigenvalue weighted by Crippen LogP contribution is 2.32. The van der Waals surface area contributed by atoms with E-state index in [2.05, 4.69) is 20.9 Å². The molecule has 6 heteroatoms. The van der Waals surface area contributed by atoms with Crippen molar-refractivity contribution in [3.8, 4) is 0 Å². The first-order valence-corrected chi connectivity index (χ1v) is 6.87. The Bertz CT molecular complexity index is 511. The van der Waals surface area contributed by atoms with E-state index in [1.807, 2.05) is 23.6 Å². The van der Waals surface area contributed by atoms with Crippen LogP contribution in [0.25, 0.3) is 0 Å². The second kappa shape index (κ2) is 4.99. The van der Waals surface area contributed by atoms with Crippen LogP contribution in [-0.4, -0.2) is 10.8 Å². The summed E-state index contributed by atoms with van der Waals surface area (Å²) in [7, 11) is 0. The first-order valence-electron chi connectivity index (χ1n) is 4.38. The minimum absolute atomic E-state index is 0.0698. The molecule has 3 nitrogen and oxygen atoms in total. The van der Waals surface area contributed by atoms with E-state index in [-0.39, 0.29) is 5.84 Å². The van der Waals surface area contributed by atoms with Crippen molar-refractivity contribution in [3.05, 3.63) is 39.8 Å². The number of nitrogens with two attached hydrogens (primary N) is 1. The Hall–Kier alpha value is -0.850. The van der Waals surface area contributed by atoms with Gasteiger partial charge in [0.25, 0.3) is 0 Å². The molecule has 16 heavy (non-hydrogen) atoms. The molecule has 0 aliphatic carbocycles. The Balaban J connectivity index is 2.36. The van der Waals surface area contributed by atoms with E-state index in [0.29, 0.717) is 0 Å². The normalized spacial score (nSPS) is 10.3. The van der Waals surface area contributed by atoms with Crippen LogP contribution >= 0.6 is 39.0 Å². The number of hydrogen-bond acceptors (Lipinski definition) is 4. The summed E-state index contributed by atoms with van der Waals surface area (Å²) < 4.78 is 1.87. The number of rotatable bonds is 3. The molecule has 0 unspecified atom stereocenters. The van der Waals surface area contributed by atoms with Crippen LogP contribution in [0.1, 0.15) is 5.56 Å². The molecular weight excluding hydrogens is 306 g/mol. The lowest BCUT2D eigenvalue weighted by Gasteiger charge is -2.06. The Morgan fingerprint density at radius 1 is 1.50 bits per heavy atom. The molecule has 1 aromatic heterocycles. The summed E-state index contributed by atoms with van der Waals surface area (Å²) in [5, 5.41) is 9.45. The third-order valence-electron chi connectivity index (χ3n) is 1.84. The van der Waals surface area contributed by atoms with E-state index in [0.717, 1.165) is 19.3 Å². The molecule has 3 N–H and O–H groups in total. The highest BCUT2D eigenvalue weighted by atomic mass is 79.9. The minimum atomic E-state index is 0.0698. The summed E-state index contributed by atoms with van der Waals surface area (Å²) in [5.74, 6) is 0.0698. The van der Waals surface area contributed by atoms with Gasteiger partial charge >= 0.3 is 0 Å². The third kappa shape index (κ3) is 2.63. The molecular formula is C10H8BrN3S2. The van der Waals surface area contributed by atoms with Gasteiger partial charge in [-0.2, -0.15) is 0 Å². The number of nitrogens with zero attached hydrogens (tertiary/aromatic N) is 1. The van der Waals surface area contributed by atoms with Gasteiger partial charge in [0.15, 0.2) is 4.34 Å². The number of nitrogens with one attached hydrogen (secondary N) is 1. The number of thiazole rings is 1. The smallest absolute Gasteiger partial charge is 0.154 e. The van der Waals surface area contributed by atoms with E-state index >= 15 is 0 Å². The Kier molecular flexibility index (Phi) is 3.63.